The Balaban J connectivity index is 1.60. The molecule has 2 atom stereocenters. The maximum atomic E-state index is 15.0. The van der Waals surface area contributed by atoms with Crippen LogP contribution in [0.2, 0.25) is 5.02 Å². The average Bonchev–Trinajstić information content (AvgIpc) is 3.39. The Bertz CT molecular complexity index is 1650. The number of anilines is 2. The van der Waals surface area contributed by atoms with Crippen LogP contribution in [0.4, 0.5) is 24.7 Å². The number of rotatable bonds is 7. The summed E-state index contributed by atoms with van der Waals surface area (Å²) in [6.45, 7) is 2.20. The van der Waals surface area contributed by atoms with Crippen LogP contribution in [0.1, 0.15) is 28.9 Å². The fraction of sp³-hybridized carbons (Fsp3) is 0.310. The van der Waals surface area contributed by atoms with E-state index in [1.807, 2.05) is 0 Å². The second-order valence-electron chi connectivity index (χ2n) is 10.2. The number of hydrogen-bond acceptors (Lipinski definition) is 6. The fourth-order valence-electron chi connectivity index (χ4n) is 5.35. The van der Waals surface area contributed by atoms with Gasteiger partial charge < -0.3 is 19.6 Å². The van der Waals surface area contributed by atoms with Gasteiger partial charge in [0.1, 0.15) is 28.3 Å². The molecule has 1 N–H and O–H groups in total. The zero-order valence-corrected chi connectivity index (χ0v) is 23.7. The molecule has 2 unspecified atom stereocenters. The number of aliphatic carboxylic acids is 1. The number of carbonyl (C=O) groups is 2. The van der Waals surface area contributed by atoms with Crippen LogP contribution in [-0.4, -0.2) is 69.8 Å². The minimum absolute atomic E-state index is 0.0274. The van der Waals surface area contributed by atoms with Gasteiger partial charge in [0, 0.05) is 44.9 Å². The van der Waals surface area contributed by atoms with Crippen molar-refractivity contribution in [2.45, 2.75) is 25.9 Å². The van der Waals surface area contributed by atoms with E-state index in [1.165, 1.54) is 39.6 Å². The van der Waals surface area contributed by atoms with Gasteiger partial charge in [0.2, 0.25) is 0 Å². The van der Waals surface area contributed by atoms with Gasteiger partial charge in [-0.15, -0.1) is 0 Å². The quantitative estimate of drug-likeness (QED) is 0.279. The van der Waals surface area contributed by atoms with Crippen LogP contribution in [0, 0.1) is 30.3 Å². The van der Waals surface area contributed by atoms with E-state index >= 15 is 4.39 Å². The van der Waals surface area contributed by atoms with Crippen LogP contribution in [0.3, 0.4) is 0 Å². The first-order chi connectivity index (χ1) is 20.0. The van der Waals surface area contributed by atoms with Crippen molar-refractivity contribution in [3.05, 3.63) is 76.2 Å². The molecule has 3 heterocycles. The Kier molecular flexibility index (Phi) is 8.11. The van der Waals surface area contributed by atoms with Gasteiger partial charge in [-0.3, -0.25) is 9.59 Å². The Hall–Kier alpha value is -4.16. The van der Waals surface area contributed by atoms with Crippen molar-refractivity contribution in [1.82, 2.24) is 19.5 Å². The highest BCUT2D eigenvalue weighted by molar-refractivity contribution is 6.31. The lowest BCUT2D eigenvalue weighted by Gasteiger charge is -2.36. The van der Waals surface area contributed by atoms with Crippen molar-refractivity contribution in [3.63, 3.8) is 0 Å². The number of benzene rings is 2. The molecule has 42 heavy (non-hydrogen) atoms. The maximum absolute atomic E-state index is 15.0. The molecule has 2 aromatic carbocycles. The zero-order chi connectivity index (χ0) is 30.3. The Morgan fingerprint density at radius 1 is 1.14 bits per heavy atom. The SMILES string of the molecule is COC1CN(C(=O)c2cc3nc(-c4cc(F)c(Cl)c(F)c4)cc(N(C)c4c(C)cccc4F)n3n2)CCC1CC(=O)O. The number of fused-ring (bicyclic) bond motifs is 1. The third-order valence-electron chi connectivity index (χ3n) is 7.50. The smallest absolute Gasteiger partial charge is 0.303 e. The molecule has 1 aliphatic rings. The number of aromatic nitrogens is 3. The number of amides is 1. The third-order valence-corrected chi connectivity index (χ3v) is 7.86. The first-order valence-corrected chi connectivity index (χ1v) is 13.4. The summed E-state index contributed by atoms with van der Waals surface area (Å²) in [6, 6.07) is 9.61. The topological polar surface area (TPSA) is 100 Å². The molecule has 1 aliphatic heterocycles. The molecule has 0 radical (unpaired) electrons. The number of nitrogens with zero attached hydrogens (tertiary/aromatic N) is 5. The summed E-state index contributed by atoms with van der Waals surface area (Å²) in [4.78, 5) is 32.4. The molecular weight excluding hydrogens is 575 g/mol. The monoisotopic (exact) mass is 601 g/mol. The summed E-state index contributed by atoms with van der Waals surface area (Å²) in [5.74, 6) is -3.80. The predicted molar refractivity (Wildman–Crippen MR) is 150 cm³/mol. The molecule has 0 spiro atoms. The van der Waals surface area contributed by atoms with Gasteiger partial charge in [0.05, 0.1) is 23.9 Å². The largest absolute Gasteiger partial charge is 0.481 e. The molecule has 1 fully saturated rings. The van der Waals surface area contributed by atoms with Crippen molar-refractivity contribution in [2.24, 2.45) is 5.92 Å². The number of ether oxygens (including phenoxy) is 1. The van der Waals surface area contributed by atoms with Crippen LogP contribution in [0.25, 0.3) is 16.9 Å². The van der Waals surface area contributed by atoms with Crippen LogP contribution >= 0.6 is 11.6 Å². The fourth-order valence-corrected chi connectivity index (χ4v) is 5.46. The van der Waals surface area contributed by atoms with Crippen molar-refractivity contribution in [1.29, 1.82) is 0 Å². The lowest BCUT2D eigenvalue weighted by atomic mass is 9.90. The van der Waals surface area contributed by atoms with Crippen LogP contribution in [-0.2, 0) is 9.53 Å². The van der Waals surface area contributed by atoms with Gasteiger partial charge in [-0.05, 0) is 43.0 Å². The summed E-state index contributed by atoms with van der Waals surface area (Å²) in [6.07, 6.45) is -0.111. The van der Waals surface area contributed by atoms with Crippen molar-refractivity contribution < 1.29 is 32.6 Å². The lowest BCUT2D eigenvalue weighted by Crippen LogP contribution is -2.48. The highest BCUT2D eigenvalue weighted by atomic mass is 35.5. The van der Waals surface area contributed by atoms with E-state index in [9.17, 15) is 23.5 Å². The molecule has 13 heteroatoms. The van der Waals surface area contributed by atoms with Crippen molar-refractivity contribution in [3.8, 4) is 11.3 Å². The molecule has 220 valence electrons. The molecule has 9 nitrogen and oxygen atoms in total. The number of aryl methyl sites for hydroxylation is 1. The van der Waals surface area contributed by atoms with Crippen LogP contribution < -0.4 is 4.90 Å². The van der Waals surface area contributed by atoms with Crippen LogP contribution in [0.15, 0.2) is 42.5 Å². The van der Waals surface area contributed by atoms with Gasteiger partial charge >= 0.3 is 5.97 Å². The molecule has 4 aromatic rings. The summed E-state index contributed by atoms with van der Waals surface area (Å²) in [5, 5.41) is 13.1. The number of carboxylic acid groups (broad SMARTS) is 1. The summed E-state index contributed by atoms with van der Waals surface area (Å²) in [7, 11) is 3.08. The predicted octanol–water partition coefficient (Wildman–Crippen LogP) is 5.50. The molecule has 5 rings (SSSR count). The molecule has 1 amide bonds. The van der Waals surface area contributed by atoms with Crippen LogP contribution in [0.5, 0.6) is 0 Å². The van der Waals surface area contributed by atoms with E-state index in [0.29, 0.717) is 18.5 Å². The third kappa shape index (κ3) is 5.51. The standard InChI is InChI=1S/C29H27ClF3N5O4/c1-15-5-4-6-18(31)28(15)36(2)25-13-21(17-9-19(32)27(30)20(33)10-17)34-24-12-22(35-38(24)25)29(41)37-8-7-16(11-26(39)40)23(14-37)42-3/h4-6,9-10,12-13,16,23H,7-8,11,14H2,1-3H3,(H,39,40). The first kappa shape index (κ1) is 29.3. The lowest BCUT2D eigenvalue weighted by molar-refractivity contribution is -0.140. The minimum Gasteiger partial charge on any atom is -0.481 e. The van der Waals surface area contributed by atoms with E-state index in [1.54, 1.807) is 26.1 Å². The first-order valence-electron chi connectivity index (χ1n) is 13.1. The number of hydrogen-bond donors (Lipinski definition) is 1. The van der Waals surface area contributed by atoms with Gasteiger partial charge in [0.25, 0.3) is 5.91 Å². The molecule has 1 saturated heterocycles. The summed E-state index contributed by atoms with van der Waals surface area (Å²) >= 11 is 5.68. The van der Waals surface area contributed by atoms with E-state index in [-0.39, 0.29) is 53.0 Å². The number of likely N-dealkylation sites (tertiary alicyclic amines) is 1. The average molecular weight is 602 g/mol. The maximum Gasteiger partial charge on any atom is 0.303 e. The molecule has 0 aliphatic carbocycles. The molecule has 2 aromatic heterocycles. The van der Waals surface area contributed by atoms with Gasteiger partial charge in [0.15, 0.2) is 11.3 Å². The summed E-state index contributed by atoms with van der Waals surface area (Å²) in [5.41, 5.74) is 1.27. The second-order valence-corrected chi connectivity index (χ2v) is 10.6. The summed E-state index contributed by atoms with van der Waals surface area (Å²) < 4.78 is 50.6. The second kappa shape index (κ2) is 11.6. The Morgan fingerprint density at radius 3 is 2.50 bits per heavy atom. The van der Waals surface area contributed by atoms with Gasteiger partial charge in [-0.25, -0.2) is 18.2 Å². The Labute approximate surface area is 244 Å². The zero-order valence-electron chi connectivity index (χ0n) is 22.9. The number of methoxy groups -OCH3 is 1. The van der Waals surface area contributed by atoms with Gasteiger partial charge in [-0.2, -0.15) is 9.61 Å². The van der Waals surface area contributed by atoms with E-state index < -0.39 is 40.5 Å². The van der Waals surface area contributed by atoms with E-state index in [4.69, 9.17) is 16.3 Å². The highest BCUT2D eigenvalue weighted by Gasteiger charge is 2.34. The van der Waals surface area contributed by atoms with Crippen molar-refractivity contribution in [2.75, 3.05) is 32.1 Å². The highest BCUT2D eigenvalue weighted by Crippen LogP contribution is 2.34. The van der Waals surface area contributed by atoms with E-state index in [0.717, 1.165) is 12.1 Å². The number of carboxylic acids is 1. The minimum atomic E-state index is -0.975. The molecule has 0 bridgehead atoms. The molecule has 0 saturated carbocycles. The Morgan fingerprint density at radius 2 is 1.86 bits per heavy atom. The van der Waals surface area contributed by atoms with E-state index in [2.05, 4.69) is 10.1 Å². The number of piperidine rings is 1. The van der Waals surface area contributed by atoms with Crippen molar-refractivity contribution >= 4 is 40.6 Å². The number of halogens is 4. The number of carbonyl (C=O) groups excluding carboxylic acids is 1. The number of para-hydroxylation sites is 1. The van der Waals surface area contributed by atoms with Gasteiger partial charge in [-0.1, -0.05) is 23.7 Å². The normalized spacial score (nSPS) is 17.1. The molecular formula is C29H27ClF3N5O4.